The molecule has 152 valence electrons. The Kier molecular flexibility index (Phi) is 5.94. The molecule has 2 heterocycles. The van der Waals surface area contributed by atoms with Crippen LogP contribution in [0.5, 0.6) is 0 Å². The molecule has 0 aliphatic heterocycles. The van der Waals surface area contributed by atoms with Crippen LogP contribution >= 0.6 is 39.1 Å². The Bertz CT molecular complexity index is 1250. The number of para-hydroxylation sites is 1. The van der Waals surface area contributed by atoms with Crippen molar-refractivity contribution in [2.45, 2.75) is 6.92 Å². The van der Waals surface area contributed by atoms with Gasteiger partial charge in [-0.2, -0.15) is 9.78 Å². The summed E-state index contributed by atoms with van der Waals surface area (Å²) in [4.78, 5) is 17.0. The molecule has 0 aliphatic carbocycles. The molecule has 0 fully saturated rings. The third-order valence-electron chi connectivity index (χ3n) is 4.34. The van der Waals surface area contributed by atoms with Crippen LogP contribution in [-0.4, -0.2) is 21.3 Å². The molecule has 4 rings (SSSR count). The maximum atomic E-state index is 13.1. The molecule has 0 atom stereocenters. The van der Waals surface area contributed by atoms with E-state index in [1.807, 2.05) is 25.1 Å². The molecule has 0 amide bonds. The quantitative estimate of drug-likeness (QED) is 0.357. The maximum absolute atomic E-state index is 13.1. The molecule has 0 unspecified atom stereocenters. The monoisotopic (exact) mass is 504 g/mol. The summed E-state index contributed by atoms with van der Waals surface area (Å²) in [6.45, 7) is 2.48. The lowest BCUT2D eigenvalue weighted by Gasteiger charge is -2.14. The van der Waals surface area contributed by atoms with Crippen LogP contribution in [0.1, 0.15) is 6.92 Å². The van der Waals surface area contributed by atoms with Crippen molar-refractivity contribution in [3.05, 3.63) is 79.9 Å². The van der Waals surface area contributed by atoms with Crippen LogP contribution in [0, 0.1) is 0 Å². The minimum atomic E-state index is -0.346. The first-order valence-corrected chi connectivity index (χ1v) is 10.5. The summed E-state index contributed by atoms with van der Waals surface area (Å²) in [6, 6.07) is 12.5. The molecule has 0 radical (unpaired) electrons. The molecule has 4 aromatic rings. The second kappa shape index (κ2) is 8.63. The van der Waals surface area contributed by atoms with Crippen molar-refractivity contribution >= 4 is 44.8 Å². The lowest BCUT2D eigenvalue weighted by molar-refractivity contribution is 0.572. The van der Waals surface area contributed by atoms with Gasteiger partial charge in [0.1, 0.15) is 11.4 Å². The summed E-state index contributed by atoms with van der Waals surface area (Å²) < 4.78 is 7.47. The number of benzene rings is 2. The summed E-state index contributed by atoms with van der Waals surface area (Å²) in [5, 5.41) is 8.32. The topological polar surface area (TPSA) is 73.0 Å². The Morgan fingerprint density at radius 2 is 1.87 bits per heavy atom. The Balaban J connectivity index is 1.96. The zero-order valence-electron chi connectivity index (χ0n) is 15.7. The van der Waals surface area contributed by atoms with Gasteiger partial charge >= 0.3 is 0 Å². The normalized spacial score (nSPS) is 10.9. The molecule has 6 nitrogen and oxygen atoms in total. The predicted molar refractivity (Wildman–Crippen MR) is 123 cm³/mol. The van der Waals surface area contributed by atoms with Crippen LogP contribution in [0.3, 0.4) is 0 Å². The van der Waals surface area contributed by atoms with Crippen molar-refractivity contribution in [3.63, 3.8) is 0 Å². The van der Waals surface area contributed by atoms with Gasteiger partial charge in [-0.3, -0.25) is 4.79 Å². The largest absolute Gasteiger partial charge is 0.444 e. The smallest absolute Gasteiger partial charge is 0.294 e. The van der Waals surface area contributed by atoms with Gasteiger partial charge in [0, 0.05) is 22.1 Å². The Hall–Kier alpha value is -2.61. The molecule has 2 aromatic carbocycles. The number of anilines is 1. The van der Waals surface area contributed by atoms with Gasteiger partial charge in [0.15, 0.2) is 12.2 Å². The third kappa shape index (κ3) is 4.01. The highest BCUT2D eigenvalue weighted by Crippen LogP contribution is 2.32. The highest BCUT2D eigenvalue weighted by Gasteiger charge is 2.17. The van der Waals surface area contributed by atoms with E-state index in [-0.39, 0.29) is 5.56 Å². The van der Waals surface area contributed by atoms with Crippen LogP contribution < -0.4 is 10.9 Å². The number of hydrogen-bond acceptors (Lipinski definition) is 5. The van der Waals surface area contributed by atoms with E-state index < -0.39 is 0 Å². The fraction of sp³-hybridized carbons (Fsp3) is 0.0952. The summed E-state index contributed by atoms with van der Waals surface area (Å²) >= 11 is 16.2. The number of rotatable bonds is 5. The average molecular weight is 506 g/mol. The number of halogens is 3. The van der Waals surface area contributed by atoms with E-state index in [9.17, 15) is 4.79 Å². The Morgan fingerprint density at radius 3 is 2.53 bits per heavy atom. The third-order valence-corrected chi connectivity index (χ3v) is 5.41. The number of oxazole rings is 1. The van der Waals surface area contributed by atoms with E-state index in [1.54, 1.807) is 30.5 Å². The van der Waals surface area contributed by atoms with Gasteiger partial charge in [0.05, 0.1) is 21.9 Å². The van der Waals surface area contributed by atoms with Gasteiger partial charge in [0.25, 0.3) is 5.56 Å². The molecule has 1 N–H and O–H groups in total. The lowest BCUT2D eigenvalue weighted by Crippen LogP contribution is -2.25. The zero-order valence-corrected chi connectivity index (χ0v) is 18.8. The van der Waals surface area contributed by atoms with Gasteiger partial charge in [-0.15, -0.1) is 0 Å². The zero-order chi connectivity index (χ0) is 21.3. The fourth-order valence-corrected chi connectivity index (χ4v) is 4.08. The molecule has 30 heavy (non-hydrogen) atoms. The van der Waals surface area contributed by atoms with Crippen molar-refractivity contribution in [2.75, 3.05) is 11.9 Å². The van der Waals surface area contributed by atoms with Crippen LogP contribution in [0.15, 0.2) is 68.7 Å². The second-order valence-electron chi connectivity index (χ2n) is 6.36. The first-order valence-electron chi connectivity index (χ1n) is 9.00. The molecule has 0 spiro atoms. The number of aromatic nitrogens is 3. The summed E-state index contributed by atoms with van der Waals surface area (Å²) in [6.07, 6.45) is 3.00. The van der Waals surface area contributed by atoms with Crippen LogP contribution in [0.25, 0.3) is 28.3 Å². The van der Waals surface area contributed by atoms with Crippen molar-refractivity contribution in [1.82, 2.24) is 14.8 Å². The van der Waals surface area contributed by atoms with Crippen molar-refractivity contribution in [3.8, 4) is 28.3 Å². The number of nitrogens with zero attached hydrogens (tertiary/aromatic N) is 3. The molecule has 0 bridgehead atoms. The van der Waals surface area contributed by atoms with E-state index in [4.69, 9.17) is 27.6 Å². The maximum Gasteiger partial charge on any atom is 0.294 e. The van der Waals surface area contributed by atoms with Crippen molar-refractivity contribution in [1.29, 1.82) is 0 Å². The Labute approximate surface area is 190 Å². The van der Waals surface area contributed by atoms with E-state index >= 15 is 0 Å². The average Bonchev–Trinajstić information content (AvgIpc) is 3.25. The number of hydrogen-bond donors (Lipinski definition) is 1. The van der Waals surface area contributed by atoms with Gasteiger partial charge in [-0.1, -0.05) is 45.2 Å². The lowest BCUT2D eigenvalue weighted by atomic mass is 10.1. The SMILES string of the molecule is CCNc1cc(-c2cc(Br)cc(-c3cnco3)c2)nn(-c2c(Cl)cccc2Cl)c1=O. The van der Waals surface area contributed by atoms with E-state index in [0.29, 0.717) is 39.4 Å². The highest BCUT2D eigenvalue weighted by molar-refractivity contribution is 9.10. The van der Waals surface area contributed by atoms with Crippen molar-refractivity contribution < 1.29 is 4.42 Å². The van der Waals surface area contributed by atoms with Gasteiger partial charge < -0.3 is 9.73 Å². The van der Waals surface area contributed by atoms with Crippen LogP contribution in [0.2, 0.25) is 10.0 Å². The molecule has 0 saturated heterocycles. The van der Waals surface area contributed by atoms with Gasteiger partial charge in [-0.25, -0.2) is 4.98 Å². The molecular formula is C21H15BrCl2N4O2. The van der Waals surface area contributed by atoms with Gasteiger partial charge in [0.2, 0.25) is 0 Å². The second-order valence-corrected chi connectivity index (χ2v) is 8.09. The molecule has 0 saturated carbocycles. The summed E-state index contributed by atoms with van der Waals surface area (Å²) in [7, 11) is 0. The van der Waals surface area contributed by atoms with Crippen LogP contribution in [-0.2, 0) is 0 Å². The number of nitrogens with one attached hydrogen (secondary N) is 1. The molecule has 0 aliphatic rings. The van der Waals surface area contributed by atoms with Crippen LogP contribution in [0.4, 0.5) is 5.69 Å². The van der Waals surface area contributed by atoms with E-state index in [1.165, 1.54) is 11.1 Å². The minimum Gasteiger partial charge on any atom is -0.444 e. The first kappa shape index (κ1) is 20.7. The minimum absolute atomic E-state index is 0.327. The first-order chi connectivity index (χ1) is 14.5. The summed E-state index contributed by atoms with van der Waals surface area (Å²) in [5.74, 6) is 0.618. The molecule has 2 aromatic heterocycles. The van der Waals surface area contributed by atoms with E-state index in [2.05, 4.69) is 31.3 Å². The van der Waals surface area contributed by atoms with E-state index in [0.717, 1.165) is 15.6 Å². The molecular weight excluding hydrogens is 491 g/mol. The van der Waals surface area contributed by atoms with Crippen molar-refractivity contribution in [2.24, 2.45) is 0 Å². The summed E-state index contributed by atoms with van der Waals surface area (Å²) in [5.41, 5.74) is 2.52. The standard InChI is InChI=1S/C21H15BrCl2N4O2/c1-2-26-18-9-17(12-6-13(8-14(22)7-12)19-10-25-11-30-19)27-28(21(18)29)20-15(23)4-3-5-16(20)24/h3-11,26H,2H2,1H3. The van der Waals surface area contributed by atoms with Gasteiger partial charge in [-0.05, 0) is 43.3 Å². The highest BCUT2D eigenvalue weighted by atomic mass is 79.9. The predicted octanol–water partition coefficient (Wildman–Crippen LogP) is 6.06. The fourth-order valence-electron chi connectivity index (χ4n) is 3.03. The molecule has 9 heteroatoms. The Morgan fingerprint density at radius 1 is 1.13 bits per heavy atom.